The van der Waals surface area contributed by atoms with Crippen molar-refractivity contribution in [2.45, 2.75) is 32.7 Å². The predicted molar refractivity (Wildman–Crippen MR) is 59.1 cm³/mol. The lowest BCUT2D eigenvalue weighted by Gasteiger charge is -2.13. The molecule has 1 N–H and O–H groups in total. The SMILES string of the molecule is CCC(C)Nc1cccc(CC#N)c1. The maximum absolute atomic E-state index is 8.57. The molecule has 0 aromatic heterocycles. The molecule has 0 saturated heterocycles. The predicted octanol–water partition coefficient (Wildman–Crippen LogP) is 2.96. The molecule has 0 amide bonds. The zero-order chi connectivity index (χ0) is 10.4. The normalized spacial score (nSPS) is 11.8. The Hall–Kier alpha value is -1.49. The van der Waals surface area contributed by atoms with Gasteiger partial charge in [-0.05, 0) is 31.0 Å². The van der Waals surface area contributed by atoms with Crippen molar-refractivity contribution >= 4 is 5.69 Å². The van der Waals surface area contributed by atoms with Crippen LogP contribution in [0.1, 0.15) is 25.8 Å². The van der Waals surface area contributed by atoms with E-state index in [-0.39, 0.29) is 0 Å². The van der Waals surface area contributed by atoms with Crippen LogP contribution in [0.3, 0.4) is 0 Å². The molecule has 0 heterocycles. The average Bonchev–Trinajstić information content (AvgIpc) is 2.19. The third-order valence-electron chi connectivity index (χ3n) is 2.24. The largest absolute Gasteiger partial charge is 0.383 e. The fourth-order valence-corrected chi connectivity index (χ4v) is 1.25. The Morgan fingerprint density at radius 2 is 2.29 bits per heavy atom. The second kappa shape index (κ2) is 5.29. The van der Waals surface area contributed by atoms with Gasteiger partial charge in [-0.2, -0.15) is 5.26 Å². The highest BCUT2D eigenvalue weighted by Crippen LogP contribution is 2.12. The average molecular weight is 188 g/mol. The highest BCUT2D eigenvalue weighted by atomic mass is 14.9. The first-order valence-electron chi connectivity index (χ1n) is 4.98. The Bertz CT molecular complexity index is 325. The van der Waals surface area contributed by atoms with Crippen LogP contribution < -0.4 is 5.32 Å². The zero-order valence-corrected chi connectivity index (χ0v) is 8.75. The summed E-state index contributed by atoms with van der Waals surface area (Å²) in [5, 5.41) is 11.9. The monoisotopic (exact) mass is 188 g/mol. The minimum atomic E-state index is 0.479. The van der Waals surface area contributed by atoms with Crippen molar-refractivity contribution in [1.29, 1.82) is 5.26 Å². The van der Waals surface area contributed by atoms with Gasteiger partial charge >= 0.3 is 0 Å². The molecule has 0 saturated carbocycles. The van der Waals surface area contributed by atoms with E-state index in [2.05, 4.69) is 25.2 Å². The van der Waals surface area contributed by atoms with Gasteiger partial charge in [0.2, 0.25) is 0 Å². The Labute approximate surface area is 85.6 Å². The molecule has 0 aliphatic rings. The molecule has 0 bridgehead atoms. The van der Waals surface area contributed by atoms with Gasteiger partial charge in [-0.15, -0.1) is 0 Å². The van der Waals surface area contributed by atoms with E-state index in [4.69, 9.17) is 5.26 Å². The van der Waals surface area contributed by atoms with Crippen LogP contribution in [0.15, 0.2) is 24.3 Å². The third kappa shape index (κ3) is 3.10. The Balaban J connectivity index is 2.69. The lowest BCUT2D eigenvalue weighted by atomic mass is 10.1. The molecule has 14 heavy (non-hydrogen) atoms. The van der Waals surface area contributed by atoms with E-state index in [0.29, 0.717) is 12.5 Å². The third-order valence-corrected chi connectivity index (χ3v) is 2.24. The quantitative estimate of drug-likeness (QED) is 0.788. The zero-order valence-electron chi connectivity index (χ0n) is 8.75. The van der Waals surface area contributed by atoms with Crippen LogP contribution in [0, 0.1) is 11.3 Å². The number of benzene rings is 1. The van der Waals surface area contributed by atoms with Crippen LogP contribution in [0.2, 0.25) is 0 Å². The molecule has 74 valence electrons. The van der Waals surface area contributed by atoms with Gasteiger partial charge in [0.1, 0.15) is 0 Å². The molecule has 0 fully saturated rings. The minimum absolute atomic E-state index is 0.479. The second-order valence-electron chi connectivity index (χ2n) is 3.49. The van der Waals surface area contributed by atoms with Crippen LogP contribution in [0.4, 0.5) is 5.69 Å². The number of hydrogen-bond donors (Lipinski definition) is 1. The van der Waals surface area contributed by atoms with Crippen molar-refractivity contribution in [2.75, 3.05) is 5.32 Å². The molecule has 0 aliphatic carbocycles. The Kier molecular flexibility index (Phi) is 4.00. The van der Waals surface area contributed by atoms with Crippen molar-refractivity contribution in [3.05, 3.63) is 29.8 Å². The van der Waals surface area contributed by atoms with E-state index < -0.39 is 0 Å². The van der Waals surface area contributed by atoms with Crippen LogP contribution in [0.25, 0.3) is 0 Å². The number of rotatable bonds is 4. The second-order valence-corrected chi connectivity index (χ2v) is 3.49. The van der Waals surface area contributed by atoms with E-state index >= 15 is 0 Å². The Morgan fingerprint density at radius 3 is 2.93 bits per heavy atom. The maximum Gasteiger partial charge on any atom is 0.0669 e. The van der Waals surface area contributed by atoms with Crippen molar-refractivity contribution in [3.8, 4) is 6.07 Å². The van der Waals surface area contributed by atoms with Gasteiger partial charge in [0.05, 0.1) is 12.5 Å². The summed E-state index contributed by atoms with van der Waals surface area (Å²) < 4.78 is 0. The number of nitriles is 1. The fraction of sp³-hybridized carbons (Fsp3) is 0.417. The van der Waals surface area contributed by atoms with Crippen molar-refractivity contribution in [3.63, 3.8) is 0 Å². The van der Waals surface area contributed by atoms with Crippen LogP contribution in [-0.2, 0) is 6.42 Å². The molecule has 1 atom stereocenters. The van der Waals surface area contributed by atoms with Crippen molar-refractivity contribution in [2.24, 2.45) is 0 Å². The highest BCUT2D eigenvalue weighted by Gasteiger charge is 1.99. The molecule has 1 unspecified atom stereocenters. The summed E-state index contributed by atoms with van der Waals surface area (Å²) in [6.07, 6.45) is 1.58. The van der Waals surface area contributed by atoms with E-state index in [0.717, 1.165) is 17.7 Å². The maximum atomic E-state index is 8.57. The van der Waals surface area contributed by atoms with Crippen molar-refractivity contribution < 1.29 is 0 Å². The summed E-state index contributed by atoms with van der Waals surface area (Å²) in [5.41, 5.74) is 2.17. The number of anilines is 1. The standard InChI is InChI=1S/C12H16N2/c1-3-10(2)14-12-6-4-5-11(9-12)7-8-13/h4-6,9-10,14H,3,7H2,1-2H3. The van der Waals surface area contributed by atoms with Gasteiger partial charge in [-0.3, -0.25) is 0 Å². The minimum Gasteiger partial charge on any atom is -0.383 e. The van der Waals surface area contributed by atoms with Gasteiger partial charge in [-0.1, -0.05) is 19.1 Å². The molecule has 2 heteroatoms. The number of hydrogen-bond acceptors (Lipinski definition) is 2. The molecule has 2 nitrogen and oxygen atoms in total. The van der Waals surface area contributed by atoms with E-state index in [1.807, 2.05) is 24.3 Å². The lowest BCUT2D eigenvalue weighted by molar-refractivity contribution is 0.764. The molecule has 1 aromatic carbocycles. The number of nitrogens with one attached hydrogen (secondary N) is 1. The molecular weight excluding hydrogens is 172 g/mol. The van der Waals surface area contributed by atoms with Crippen LogP contribution in [-0.4, -0.2) is 6.04 Å². The van der Waals surface area contributed by atoms with E-state index in [1.165, 1.54) is 0 Å². The molecule has 0 radical (unpaired) electrons. The molecule has 0 spiro atoms. The summed E-state index contributed by atoms with van der Waals surface area (Å²) >= 11 is 0. The lowest BCUT2D eigenvalue weighted by Crippen LogP contribution is -2.13. The summed E-state index contributed by atoms with van der Waals surface area (Å²) in [5.74, 6) is 0. The van der Waals surface area contributed by atoms with E-state index in [9.17, 15) is 0 Å². The highest BCUT2D eigenvalue weighted by molar-refractivity contribution is 5.46. The van der Waals surface area contributed by atoms with Gasteiger partial charge < -0.3 is 5.32 Å². The van der Waals surface area contributed by atoms with Gasteiger partial charge in [0.25, 0.3) is 0 Å². The van der Waals surface area contributed by atoms with Crippen molar-refractivity contribution in [1.82, 2.24) is 0 Å². The summed E-state index contributed by atoms with van der Waals surface area (Å²) in [6, 6.07) is 10.7. The van der Waals surface area contributed by atoms with Crippen LogP contribution in [0.5, 0.6) is 0 Å². The first-order valence-corrected chi connectivity index (χ1v) is 4.98. The smallest absolute Gasteiger partial charge is 0.0669 e. The van der Waals surface area contributed by atoms with Gasteiger partial charge in [0.15, 0.2) is 0 Å². The molecule has 1 rings (SSSR count). The summed E-state index contributed by atoms with van der Waals surface area (Å²) in [6.45, 7) is 4.30. The molecule has 0 aliphatic heterocycles. The van der Waals surface area contributed by atoms with Crippen LogP contribution >= 0.6 is 0 Å². The topological polar surface area (TPSA) is 35.8 Å². The summed E-state index contributed by atoms with van der Waals surface area (Å²) in [7, 11) is 0. The summed E-state index contributed by atoms with van der Waals surface area (Å²) in [4.78, 5) is 0. The molecular formula is C12H16N2. The molecule has 1 aromatic rings. The number of nitrogens with zero attached hydrogens (tertiary/aromatic N) is 1. The van der Waals surface area contributed by atoms with E-state index in [1.54, 1.807) is 0 Å². The van der Waals surface area contributed by atoms with Gasteiger partial charge in [0, 0.05) is 11.7 Å². The fourth-order valence-electron chi connectivity index (χ4n) is 1.25. The Morgan fingerprint density at radius 1 is 1.50 bits per heavy atom. The first-order chi connectivity index (χ1) is 6.76. The first kappa shape index (κ1) is 10.6. The van der Waals surface area contributed by atoms with Gasteiger partial charge in [-0.25, -0.2) is 0 Å².